The van der Waals surface area contributed by atoms with E-state index in [-0.39, 0.29) is 5.91 Å². The number of hydrogen-bond donors (Lipinski definition) is 0. The van der Waals surface area contributed by atoms with Crippen molar-refractivity contribution in [1.29, 1.82) is 0 Å². The fourth-order valence-corrected chi connectivity index (χ4v) is 3.51. The van der Waals surface area contributed by atoms with Crippen molar-refractivity contribution in [3.05, 3.63) is 60.2 Å². The fourth-order valence-electron chi connectivity index (χ4n) is 3.51. The number of amides is 1. The molecule has 6 heteroatoms. The monoisotopic (exact) mass is 349 g/mol. The van der Waals surface area contributed by atoms with Gasteiger partial charge >= 0.3 is 0 Å². The van der Waals surface area contributed by atoms with Crippen LogP contribution in [0.5, 0.6) is 0 Å². The summed E-state index contributed by atoms with van der Waals surface area (Å²) in [4.78, 5) is 26.5. The zero-order valence-corrected chi connectivity index (χ0v) is 15.0. The summed E-state index contributed by atoms with van der Waals surface area (Å²) >= 11 is 0. The van der Waals surface area contributed by atoms with Crippen LogP contribution >= 0.6 is 0 Å². The number of aromatic nitrogens is 3. The average molecular weight is 349 g/mol. The van der Waals surface area contributed by atoms with Crippen LogP contribution in [0.4, 0.5) is 5.82 Å². The van der Waals surface area contributed by atoms with Crippen LogP contribution in [0.15, 0.2) is 48.8 Å². The van der Waals surface area contributed by atoms with Gasteiger partial charge in [-0.15, -0.1) is 0 Å². The molecule has 134 valence electrons. The van der Waals surface area contributed by atoms with Gasteiger partial charge in [-0.3, -0.25) is 9.20 Å². The Morgan fingerprint density at radius 1 is 1.08 bits per heavy atom. The Morgan fingerprint density at radius 2 is 1.88 bits per heavy atom. The number of fused-ring (bicyclic) bond motifs is 1. The van der Waals surface area contributed by atoms with E-state index in [1.54, 1.807) is 0 Å². The second-order valence-corrected chi connectivity index (χ2v) is 6.55. The first kappa shape index (κ1) is 16.6. The molecular weight excluding hydrogens is 326 g/mol. The highest BCUT2D eigenvalue weighted by Gasteiger charge is 2.27. The number of anilines is 1. The summed E-state index contributed by atoms with van der Waals surface area (Å²) in [5, 5.41) is 0. The number of carbonyl (C=O) groups excluding carboxylic acids is 1. The van der Waals surface area contributed by atoms with Gasteiger partial charge in [-0.1, -0.05) is 25.5 Å². The molecule has 0 unspecified atom stereocenters. The average Bonchev–Trinajstić information content (AvgIpc) is 3.06. The number of aryl methyl sites for hydroxylation is 1. The Hall–Kier alpha value is -2.89. The summed E-state index contributed by atoms with van der Waals surface area (Å²) in [5.41, 5.74) is 2.45. The third-order valence-electron chi connectivity index (χ3n) is 4.83. The minimum Gasteiger partial charge on any atom is -0.353 e. The van der Waals surface area contributed by atoms with Crippen LogP contribution in [0.2, 0.25) is 0 Å². The van der Waals surface area contributed by atoms with Gasteiger partial charge in [0.1, 0.15) is 17.2 Å². The molecule has 4 rings (SSSR count). The van der Waals surface area contributed by atoms with Gasteiger partial charge < -0.3 is 9.80 Å². The zero-order chi connectivity index (χ0) is 17.9. The third kappa shape index (κ3) is 3.03. The Labute approximate surface area is 153 Å². The first-order chi connectivity index (χ1) is 12.8. The number of carbonyl (C=O) groups is 1. The van der Waals surface area contributed by atoms with Crippen molar-refractivity contribution >= 4 is 17.4 Å². The van der Waals surface area contributed by atoms with Crippen LogP contribution in [-0.2, 0) is 6.42 Å². The molecule has 4 heterocycles. The van der Waals surface area contributed by atoms with Gasteiger partial charge in [0, 0.05) is 38.6 Å². The third-order valence-corrected chi connectivity index (χ3v) is 4.83. The molecule has 26 heavy (non-hydrogen) atoms. The topological polar surface area (TPSA) is 53.7 Å². The first-order valence-corrected chi connectivity index (χ1v) is 9.19. The molecule has 1 aliphatic heterocycles. The van der Waals surface area contributed by atoms with Gasteiger partial charge in [0.25, 0.3) is 5.91 Å². The maximum atomic E-state index is 13.2. The van der Waals surface area contributed by atoms with E-state index in [0.29, 0.717) is 18.8 Å². The van der Waals surface area contributed by atoms with E-state index in [1.165, 1.54) is 0 Å². The standard InChI is InChI=1S/C20H23N5O/c1-2-7-16-19(25-11-6-4-9-18(25)22-16)20(26)24-14-12-23(13-15-24)17-8-3-5-10-21-17/h3-6,8-11H,2,7,12-15H2,1H3. The first-order valence-electron chi connectivity index (χ1n) is 9.19. The molecule has 1 saturated heterocycles. The molecule has 1 aliphatic rings. The minimum atomic E-state index is 0.0767. The smallest absolute Gasteiger partial charge is 0.272 e. The predicted octanol–water partition coefficient (Wildman–Crippen LogP) is 2.64. The maximum Gasteiger partial charge on any atom is 0.272 e. The summed E-state index contributed by atoms with van der Waals surface area (Å²) in [7, 11) is 0. The highest BCUT2D eigenvalue weighted by atomic mass is 16.2. The van der Waals surface area contributed by atoms with Crippen LogP contribution in [-0.4, -0.2) is 51.4 Å². The van der Waals surface area contributed by atoms with Gasteiger partial charge in [0.05, 0.1) is 5.69 Å². The van der Waals surface area contributed by atoms with Crippen LogP contribution in [0.1, 0.15) is 29.5 Å². The Kier molecular flexibility index (Phi) is 4.56. The molecule has 0 aliphatic carbocycles. The van der Waals surface area contributed by atoms with Crippen LogP contribution in [0, 0.1) is 0 Å². The van der Waals surface area contributed by atoms with Crippen LogP contribution in [0.3, 0.4) is 0 Å². The second-order valence-electron chi connectivity index (χ2n) is 6.55. The van der Waals surface area contributed by atoms with E-state index in [2.05, 4.69) is 21.8 Å². The number of pyridine rings is 2. The maximum absolute atomic E-state index is 13.2. The molecule has 0 radical (unpaired) electrons. The summed E-state index contributed by atoms with van der Waals surface area (Å²) in [6.07, 6.45) is 5.52. The van der Waals surface area contributed by atoms with E-state index in [4.69, 9.17) is 0 Å². The Morgan fingerprint density at radius 3 is 2.62 bits per heavy atom. The number of hydrogen-bond acceptors (Lipinski definition) is 4. The molecule has 0 bridgehead atoms. The van der Waals surface area contributed by atoms with Crippen molar-refractivity contribution in [3.8, 4) is 0 Å². The molecule has 6 nitrogen and oxygen atoms in total. The second kappa shape index (κ2) is 7.15. The largest absolute Gasteiger partial charge is 0.353 e. The number of imidazole rings is 1. The fraction of sp³-hybridized carbons (Fsp3) is 0.350. The van der Waals surface area contributed by atoms with Crippen molar-refractivity contribution < 1.29 is 4.79 Å². The highest BCUT2D eigenvalue weighted by Crippen LogP contribution is 2.19. The SMILES string of the molecule is CCCc1nc2ccccn2c1C(=O)N1CCN(c2ccccn2)CC1. The summed E-state index contributed by atoms with van der Waals surface area (Å²) in [6, 6.07) is 11.8. The molecule has 0 saturated carbocycles. The van der Waals surface area contributed by atoms with Gasteiger partial charge in [-0.05, 0) is 30.7 Å². The molecular formula is C20H23N5O. The zero-order valence-electron chi connectivity index (χ0n) is 15.0. The van der Waals surface area contributed by atoms with Crippen molar-refractivity contribution in [1.82, 2.24) is 19.3 Å². The van der Waals surface area contributed by atoms with Crippen molar-refractivity contribution in [2.45, 2.75) is 19.8 Å². The van der Waals surface area contributed by atoms with E-state index in [9.17, 15) is 4.79 Å². The number of piperazine rings is 1. The van der Waals surface area contributed by atoms with Gasteiger partial charge in [0.2, 0.25) is 0 Å². The van der Waals surface area contributed by atoms with E-state index >= 15 is 0 Å². The predicted molar refractivity (Wildman–Crippen MR) is 102 cm³/mol. The van der Waals surface area contributed by atoms with Crippen LogP contribution < -0.4 is 4.90 Å². The molecule has 0 N–H and O–H groups in total. The van der Waals surface area contributed by atoms with Gasteiger partial charge in [-0.25, -0.2) is 9.97 Å². The molecule has 3 aromatic heterocycles. The molecule has 0 aromatic carbocycles. The lowest BCUT2D eigenvalue weighted by atomic mass is 10.2. The lowest BCUT2D eigenvalue weighted by Crippen LogP contribution is -2.49. The van der Waals surface area contributed by atoms with E-state index in [0.717, 1.165) is 43.1 Å². The summed E-state index contributed by atoms with van der Waals surface area (Å²) < 4.78 is 1.93. The number of rotatable bonds is 4. The lowest BCUT2D eigenvalue weighted by molar-refractivity contribution is 0.0738. The van der Waals surface area contributed by atoms with E-state index in [1.807, 2.05) is 58.1 Å². The lowest BCUT2D eigenvalue weighted by Gasteiger charge is -2.35. The highest BCUT2D eigenvalue weighted by molar-refractivity contribution is 5.95. The number of nitrogens with zero attached hydrogens (tertiary/aromatic N) is 5. The quantitative estimate of drug-likeness (QED) is 0.727. The van der Waals surface area contributed by atoms with E-state index < -0.39 is 0 Å². The van der Waals surface area contributed by atoms with Crippen molar-refractivity contribution in [2.24, 2.45) is 0 Å². The summed E-state index contributed by atoms with van der Waals surface area (Å²) in [6.45, 7) is 5.09. The van der Waals surface area contributed by atoms with Crippen LogP contribution in [0.25, 0.3) is 5.65 Å². The van der Waals surface area contributed by atoms with Crippen molar-refractivity contribution in [2.75, 3.05) is 31.1 Å². The molecule has 3 aromatic rings. The van der Waals surface area contributed by atoms with Crippen molar-refractivity contribution in [3.63, 3.8) is 0 Å². The molecule has 1 amide bonds. The minimum absolute atomic E-state index is 0.0767. The Bertz CT molecular complexity index is 897. The molecule has 0 atom stereocenters. The normalized spacial score (nSPS) is 14.8. The van der Waals surface area contributed by atoms with Gasteiger partial charge in [0.15, 0.2) is 0 Å². The van der Waals surface area contributed by atoms with Gasteiger partial charge in [-0.2, -0.15) is 0 Å². The molecule has 0 spiro atoms. The Balaban J connectivity index is 1.55. The summed E-state index contributed by atoms with van der Waals surface area (Å²) in [5.74, 6) is 1.05. The molecule has 1 fully saturated rings.